The van der Waals surface area contributed by atoms with Crippen molar-refractivity contribution in [1.29, 1.82) is 0 Å². The fraction of sp³-hybridized carbons (Fsp3) is 0.417. The summed E-state index contributed by atoms with van der Waals surface area (Å²) in [5.41, 5.74) is 0.0917. The summed E-state index contributed by atoms with van der Waals surface area (Å²) in [7, 11) is 0. The molecule has 4 heteroatoms. The predicted octanol–water partition coefficient (Wildman–Crippen LogP) is 3.64. The van der Waals surface area contributed by atoms with Gasteiger partial charge < -0.3 is 0 Å². The van der Waals surface area contributed by atoms with Crippen LogP contribution in [0.3, 0.4) is 0 Å². The summed E-state index contributed by atoms with van der Waals surface area (Å²) >= 11 is 3.03. The van der Waals surface area contributed by atoms with Crippen LogP contribution in [0.15, 0.2) is 16.6 Å². The van der Waals surface area contributed by atoms with Crippen LogP contribution < -0.4 is 0 Å². The molecular formula is C12H11BrF2O. The Balaban J connectivity index is 2.21. The third kappa shape index (κ3) is 2.32. The van der Waals surface area contributed by atoms with Crippen LogP contribution in [0.1, 0.15) is 24.8 Å². The van der Waals surface area contributed by atoms with Crippen LogP contribution in [-0.4, -0.2) is 5.78 Å². The Morgan fingerprint density at radius 3 is 2.75 bits per heavy atom. The maximum absolute atomic E-state index is 13.6. The first-order chi connectivity index (χ1) is 7.58. The Kier molecular flexibility index (Phi) is 3.38. The minimum absolute atomic E-state index is 0.0887. The van der Waals surface area contributed by atoms with Crippen molar-refractivity contribution in [2.45, 2.75) is 25.7 Å². The molecule has 1 fully saturated rings. The van der Waals surface area contributed by atoms with Gasteiger partial charge in [0.05, 0.1) is 4.47 Å². The number of carbonyl (C=O) groups is 1. The zero-order valence-corrected chi connectivity index (χ0v) is 10.2. The maximum Gasteiger partial charge on any atom is 0.143 e. The lowest BCUT2D eigenvalue weighted by Gasteiger charge is -2.10. The van der Waals surface area contributed by atoms with Crippen LogP contribution in [0.25, 0.3) is 0 Å². The lowest BCUT2D eigenvalue weighted by atomic mass is 9.97. The first-order valence-electron chi connectivity index (χ1n) is 5.22. The summed E-state index contributed by atoms with van der Waals surface area (Å²) in [6.45, 7) is 0. The highest BCUT2D eigenvalue weighted by atomic mass is 79.9. The highest BCUT2D eigenvalue weighted by molar-refractivity contribution is 9.10. The van der Waals surface area contributed by atoms with Crippen molar-refractivity contribution in [3.05, 3.63) is 33.8 Å². The summed E-state index contributed by atoms with van der Waals surface area (Å²) in [6, 6.07) is 2.60. The number of carbonyl (C=O) groups excluding carboxylic acids is 1. The second-order valence-electron chi connectivity index (χ2n) is 4.17. The molecule has 1 aliphatic rings. The molecule has 1 atom stereocenters. The average molecular weight is 289 g/mol. The van der Waals surface area contributed by atoms with Crippen molar-refractivity contribution in [1.82, 2.24) is 0 Å². The summed E-state index contributed by atoms with van der Waals surface area (Å²) in [5.74, 6) is -0.786. The quantitative estimate of drug-likeness (QED) is 0.760. The van der Waals surface area contributed by atoms with E-state index in [-0.39, 0.29) is 21.7 Å². The minimum atomic E-state index is -0.542. The minimum Gasteiger partial charge on any atom is -0.300 e. The molecule has 1 unspecified atom stereocenters. The third-order valence-electron chi connectivity index (χ3n) is 2.98. The maximum atomic E-state index is 13.6. The highest BCUT2D eigenvalue weighted by Gasteiger charge is 2.25. The first-order valence-corrected chi connectivity index (χ1v) is 6.01. The van der Waals surface area contributed by atoms with Crippen molar-refractivity contribution in [2.75, 3.05) is 0 Å². The Morgan fingerprint density at radius 2 is 2.12 bits per heavy atom. The number of hydrogen-bond acceptors (Lipinski definition) is 1. The van der Waals surface area contributed by atoms with Crippen LogP contribution in [0.2, 0.25) is 0 Å². The van der Waals surface area contributed by atoms with Crippen molar-refractivity contribution in [3.63, 3.8) is 0 Å². The monoisotopic (exact) mass is 288 g/mol. The molecule has 0 saturated heterocycles. The van der Waals surface area contributed by atoms with Crippen molar-refractivity contribution in [2.24, 2.45) is 5.92 Å². The van der Waals surface area contributed by atoms with E-state index in [1.807, 2.05) is 0 Å². The molecule has 2 rings (SSSR count). The second kappa shape index (κ2) is 4.62. The van der Waals surface area contributed by atoms with Crippen LogP contribution in [0.5, 0.6) is 0 Å². The molecule has 16 heavy (non-hydrogen) atoms. The molecule has 0 radical (unpaired) electrons. The molecule has 1 aliphatic carbocycles. The molecule has 0 N–H and O–H groups in total. The van der Waals surface area contributed by atoms with E-state index in [4.69, 9.17) is 0 Å². The van der Waals surface area contributed by atoms with E-state index >= 15 is 0 Å². The van der Waals surface area contributed by atoms with Gasteiger partial charge in [0.25, 0.3) is 0 Å². The Hall–Kier alpha value is -0.770. The smallest absolute Gasteiger partial charge is 0.143 e. The molecule has 0 aliphatic heterocycles. The summed E-state index contributed by atoms with van der Waals surface area (Å²) in [4.78, 5) is 11.1. The number of halogens is 3. The normalized spacial score (nSPS) is 20.4. The van der Waals surface area contributed by atoms with Gasteiger partial charge in [0.2, 0.25) is 0 Å². The number of rotatable bonds is 2. The first kappa shape index (κ1) is 11.7. The predicted molar refractivity (Wildman–Crippen MR) is 60.1 cm³/mol. The van der Waals surface area contributed by atoms with E-state index in [1.54, 1.807) is 0 Å². The Morgan fingerprint density at radius 1 is 1.38 bits per heavy atom. The van der Waals surface area contributed by atoms with Gasteiger partial charge in [-0.25, -0.2) is 8.78 Å². The molecule has 0 aromatic heterocycles. The SMILES string of the molecule is O=C1CCC(Cc2c(F)ccc(Br)c2F)C1. The summed E-state index contributed by atoms with van der Waals surface area (Å²) < 4.78 is 27.3. The van der Waals surface area contributed by atoms with Crippen LogP contribution in [0.4, 0.5) is 8.78 Å². The number of ketones is 1. The molecule has 0 amide bonds. The van der Waals surface area contributed by atoms with Gasteiger partial charge >= 0.3 is 0 Å². The molecule has 0 heterocycles. The number of Topliss-reactive ketones (excluding diaryl/α,β-unsaturated/α-hetero) is 1. The molecule has 1 aromatic carbocycles. The van der Waals surface area contributed by atoms with Gasteiger partial charge in [0.15, 0.2) is 0 Å². The molecule has 1 aromatic rings. The van der Waals surface area contributed by atoms with Crippen LogP contribution >= 0.6 is 15.9 Å². The highest BCUT2D eigenvalue weighted by Crippen LogP contribution is 2.29. The van der Waals surface area contributed by atoms with E-state index in [9.17, 15) is 13.6 Å². The molecule has 1 saturated carbocycles. The van der Waals surface area contributed by atoms with Gasteiger partial charge in [-0.1, -0.05) is 0 Å². The van der Waals surface area contributed by atoms with E-state index in [1.165, 1.54) is 12.1 Å². The van der Waals surface area contributed by atoms with Gasteiger partial charge in [-0.2, -0.15) is 0 Å². The van der Waals surface area contributed by atoms with E-state index in [2.05, 4.69) is 15.9 Å². The molecule has 1 nitrogen and oxygen atoms in total. The fourth-order valence-electron chi connectivity index (χ4n) is 2.11. The third-order valence-corrected chi connectivity index (χ3v) is 3.59. The lowest BCUT2D eigenvalue weighted by Crippen LogP contribution is -2.05. The molecule has 0 spiro atoms. The zero-order chi connectivity index (χ0) is 11.7. The summed E-state index contributed by atoms with van der Waals surface area (Å²) in [5, 5.41) is 0. The number of hydrogen-bond donors (Lipinski definition) is 0. The van der Waals surface area contributed by atoms with Crippen LogP contribution in [0, 0.1) is 17.6 Å². The fourth-order valence-corrected chi connectivity index (χ4v) is 2.48. The topological polar surface area (TPSA) is 17.1 Å². The molecule has 86 valence electrons. The average Bonchev–Trinajstić information content (AvgIpc) is 2.65. The second-order valence-corrected chi connectivity index (χ2v) is 5.03. The molecular weight excluding hydrogens is 278 g/mol. The largest absolute Gasteiger partial charge is 0.300 e. The Bertz CT molecular complexity index is 431. The summed E-state index contributed by atoms with van der Waals surface area (Å²) in [6.07, 6.45) is 2.04. The van der Waals surface area contributed by atoms with E-state index in [0.29, 0.717) is 19.3 Å². The van der Waals surface area contributed by atoms with Crippen LogP contribution in [-0.2, 0) is 11.2 Å². The van der Waals surface area contributed by atoms with E-state index < -0.39 is 11.6 Å². The van der Waals surface area contributed by atoms with Crippen molar-refractivity contribution in [3.8, 4) is 0 Å². The van der Waals surface area contributed by atoms with E-state index in [0.717, 1.165) is 6.42 Å². The van der Waals surface area contributed by atoms with Gasteiger partial charge in [0, 0.05) is 18.4 Å². The van der Waals surface area contributed by atoms with Crippen molar-refractivity contribution < 1.29 is 13.6 Å². The van der Waals surface area contributed by atoms with Gasteiger partial charge in [-0.05, 0) is 46.8 Å². The van der Waals surface area contributed by atoms with Crippen molar-refractivity contribution >= 4 is 21.7 Å². The lowest BCUT2D eigenvalue weighted by molar-refractivity contribution is -0.117. The molecule has 0 bridgehead atoms. The number of benzene rings is 1. The standard InChI is InChI=1S/C12H11BrF2O/c13-10-3-4-11(14)9(12(10)15)6-7-1-2-8(16)5-7/h3-4,7H,1-2,5-6H2. The van der Waals surface area contributed by atoms with Gasteiger partial charge in [0.1, 0.15) is 17.4 Å². The Labute approximate surface area is 101 Å². The van der Waals surface area contributed by atoms with Gasteiger partial charge in [-0.15, -0.1) is 0 Å². The zero-order valence-electron chi connectivity index (χ0n) is 8.60. The van der Waals surface area contributed by atoms with Gasteiger partial charge in [-0.3, -0.25) is 4.79 Å².